The van der Waals surface area contributed by atoms with Crippen LogP contribution in [0.5, 0.6) is 5.75 Å². The molecule has 8 nitrogen and oxygen atoms in total. The van der Waals surface area contributed by atoms with Gasteiger partial charge in [-0.2, -0.15) is 4.98 Å². The highest BCUT2D eigenvalue weighted by molar-refractivity contribution is 5.94. The number of aromatic nitrogens is 2. The summed E-state index contributed by atoms with van der Waals surface area (Å²) >= 11 is 0. The summed E-state index contributed by atoms with van der Waals surface area (Å²) in [5, 5.41) is 0. The maximum absolute atomic E-state index is 12.7. The minimum atomic E-state index is -0.419. The third-order valence-electron chi connectivity index (χ3n) is 4.88. The molecule has 1 aromatic heterocycles. The standard InChI is InChI=1S/C20H24N4O4/c1-14-11-15(2)24(20(27)21-14)13-18(25)22-7-9-23(10-8-22)19(26)16-5-4-6-17(12-16)28-3/h4-6,11-12H,7-10,13H2,1-3H3. The van der Waals surface area contributed by atoms with Crippen LogP contribution in [0.25, 0.3) is 0 Å². The van der Waals surface area contributed by atoms with Gasteiger partial charge in [0.15, 0.2) is 0 Å². The molecule has 2 aromatic rings. The Kier molecular flexibility index (Phi) is 5.77. The van der Waals surface area contributed by atoms with Crippen molar-refractivity contribution in [1.29, 1.82) is 0 Å². The second-order valence-corrected chi connectivity index (χ2v) is 6.81. The molecule has 0 unspecified atom stereocenters. The molecule has 1 aliphatic heterocycles. The normalized spacial score (nSPS) is 14.1. The minimum absolute atomic E-state index is 0.0399. The first-order valence-corrected chi connectivity index (χ1v) is 9.15. The molecule has 28 heavy (non-hydrogen) atoms. The average molecular weight is 384 g/mol. The van der Waals surface area contributed by atoms with Crippen molar-refractivity contribution in [3.63, 3.8) is 0 Å². The zero-order chi connectivity index (χ0) is 20.3. The van der Waals surface area contributed by atoms with Crippen LogP contribution >= 0.6 is 0 Å². The summed E-state index contributed by atoms with van der Waals surface area (Å²) in [6.07, 6.45) is 0. The first-order chi connectivity index (χ1) is 13.4. The molecule has 1 aliphatic rings. The van der Waals surface area contributed by atoms with Crippen LogP contribution in [0.3, 0.4) is 0 Å². The van der Waals surface area contributed by atoms with Gasteiger partial charge in [-0.1, -0.05) is 6.07 Å². The van der Waals surface area contributed by atoms with E-state index in [2.05, 4.69) is 4.98 Å². The van der Waals surface area contributed by atoms with Crippen molar-refractivity contribution in [3.8, 4) is 5.75 Å². The number of ether oxygens (including phenoxy) is 1. The Bertz CT molecular complexity index is 945. The molecule has 1 fully saturated rings. The van der Waals surface area contributed by atoms with E-state index in [0.717, 1.165) is 0 Å². The van der Waals surface area contributed by atoms with Gasteiger partial charge in [-0.3, -0.25) is 14.2 Å². The van der Waals surface area contributed by atoms with Crippen LogP contribution in [0.2, 0.25) is 0 Å². The van der Waals surface area contributed by atoms with Gasteiger partial charge in [0.25, 0.3) is 5.91 Å². The van der Waals surface area contributed by atoms with Crippen molar-refractivity contribution in [2.75, 3.05) is 33.3 Å². The SMILES string of the molecule is COc1cccc(C(=O)N2CCN(C(=O)Cn3c(C)cc(C)nc3=O)CC2)c1. The van der Waals surface area contributed by atoms with Gasteiger partial charge in [0.2, 0.25) is 5.91 Å². The third kappa shape index (κ3) is 4.21. The maximum atomic E-state index is 12.7. The summed E-state index contributed by atoms with van der Waals surface area (Å²) < 4.78 is 6.55. The highest BCUT2D eigenvalue weighted by atomic mass is 16.5. The summed E-state index contributed by atoms with van der Waals surface area (Å²) in [6, 6.07) is 8.81. The van der Waals surface area contributed by atoms with Crippen molar-refractivity contribution in [3.05, 3.63) is 57.8 Å². The van der Waals surface area contributed by atoms with E-state index in [0.29, 0.717) is 48.9 Å². The molecule has 0 aliphatic carbocycles. The van der Waals surface area contributed by atoms with Crippen molar-refractivity contribution in [2.24, 2.45) is 0 Å². The number of aryl methyl sites for hydroxylation is 2. The van der Waals surface area contributed by atoms with E-state index in [1.54, 1.807) is 61.1 Å². The van der Waals surface area contributed by atoms with E-state index >= 15 is 0 Å². The summed E-state index contributed by atoms with van der Waals surface area (Å²) in [5.74, 6) is 0.400. The molecule has 0 atom stereocenters. The molecule has 0 radical (unpaired) electrons. The third-order valence-corrected chi connectivity index (χ3v) is 4.88. The minimum Gasteiger partial charge on any atom is -0.497 e. The maximum Gasteiger partial charge on any atom is 0.348 e. The molecule has 8 heteroatoms. The van der Waals surface area contributed by atoms with E-state index in [9.17, 15) is 14.4 Å². The fraction of sp³-hybridized carbons (Fsp3) is 0.400. The molecule has 1 aromatic carbocycles. The van der Waals surface area contributed by atoms with Gasteiger partial charge in [-0.05, 0) is 38.1 Å². The molecular formula is C20H24N4O4. The van der Waals surface area contributed by atoms with Gasteiger partial charge in [0.05, 0.1) is 7.11 Å². The van der Waals surface area contributed by atoms with Crippen LogP contribution < -0.4 is 10.4 Å². The fourth-order valence-electron chi connectivity index (χ4n) is 3.30. The Balaban J connectivity index is 1.61. The van der Waals surface area contributed by atoms with Crippen LogP contribution in [0, 0.1) is 13.8 Å². The Labute approximate surface area is 163 Å². The monoisotopic (exact) mass is 384 g/mol. The van der Waals surface area contributed by atoms with Crippen LogP contribution in [-0.4, -0.2) is 64.5 Å². The topological polar surface area (TPSA) is 84.7 Å². The Hall–Kier alpha value is -3.16. The van der Waals surface area contributed by atoms with Crippen LogP contribution in [0.4, 0.5) is 0 Å². The van der Waals surface area contributed by atoms with Gasteiger partial charge < -0.3 is 14.5 Å². The lowest BCUT2D eigenvalue weighted by Crippen LogP contribution is -2.51. The lowest BCUT2D eigenvalue weighted by Gasteiger charge is -2.35. The van der Waals surface area contributed by atoms with Gasteiger partial charge in [-0.15, -0.1) is 0 Å². The first kappa shape index (κ1) is 19.6. The average Bonchev–Trinajstić information content (AvgIpc) is 2.70. The number of carbonyl (C=O) groups excluding carboxylic acids is 2. The van der Waals surface area contributed by atoms with Gasteiger partial charge >= 0.3 is 5.69 Å². The van der Waals surface area contributed by atoms with Crippen molar-refractivity contribution >= 4 is 11.8 Å². The predicted molar refractivity (Wildman–Crippen MR) is 103 cm³/mol. The number of hydrogen-bond donors (Lipinski definition) is 0. The largest absolute Gasteiger partial charge is 0.497 e. The predicted octanol–water partition coefficient (Wildman–Crippen LogP) is 0.853. The quantitative estimate of drug-likeness (QED) is 0.780. The van der Waals surface area contributed by atoms with Crippen molar-refractivity contribution in [2.45, 2.75) is 20.4 Å². The van der Waals surface area contributed by atoms with Gasteiger partial charge in [0.1, 0.15) is 12.3 Å². The molecule has 0 N–H and O–H groups in total. The van der Waals surface area contributed by atoms with Crippen LogP contribution in [0.1, 0.15) is 21.7 Å². The Morgan fingerprint density at radius 2 is 1.75 bits per heavy atom. The van der Waals surface area contributed by atoms with Crippen molar-refractivity contribution in [1.82, 2.24) is 19.4 Å². The van der Waals surface area contributed by atoms with E-state index < -0.39 is 5.69 Å². The number of amides is 2. The van der Waals surface area contributed by atoms with Gasteiger partial charge in [0, 0.05) is 43.1 Å². The molecule has 2 amide bonds. The summed E-state index contributed by atoms with van der Waals surface area (Å²) in [4.78, 5) is 44.6. The second-order valence-electron chi connectivity index (χ2n) is 6.81. The summed E-state index contributed by atoms with van der Waals surface area (Å²) in [5.41, 5.74) is 1.48. The zero-order valence-corrected chi connectivity index (χ0v) is 16.3. The fourth-order valence-corrected chi connectivity index (χ4v) is 3.30. The Morgan fingerprint density at radius 1 is 1.07 bits per heavy atom. The molecule has 0 bridgehead atoms. The number of benzene rings is 1. The van der Waals surface area contributed by atoms with E-state index in [-0.39, 0.29) is 18.4 Å². The highest BCUT2D eigenvalue weighted by Crippen LogP contribution is 2.15. The zero-order valence-electron chi connectivity index (χ0n) is 16.3. The molecule has 0 saturated carbocycles. The Morgan fingerprint density at radius 3 is 2.39 bits per heavy atom. The number of methoxy groups -OCH3 is 1. The first-order valence-electron chi connectivity index (χ1n) is 9.15. The molecule has 2 heterocycles. The van der Waals surface area contributed by atoms with E-state index in [1.165, 1.54) is 4.57 Å². The number of carbonyl (C=O) groups is 2. The molecule has 0 spiro atoms. The molecule has 1 saturated heterocycles. The number of piperazine rings is 1. The van der Waals surface area contributed by atoms with Crippen LogP contribution in [-0.2, 0) is 11.3 Å². The lowest BCUT2D eigenvalue weighted by molar-refractivity contribution is -0.133. The second kappa shape index (κ2) is 8.24. The lowest BCUT2D eigenvalue weighted by atomic mass is 10.1. The smallest absolute Gasteiger partial charge is 0.348 e. The highest BCUT2D eigenvalue weighted by Gasteiger charge is 2.25. The summed E-state index contributed by atoms with van der Waals surface area (Å²) in [7, 11) is 1.56. The van der Waals surface area contributed by atoms with E-state index in [4.69, 9.17) is 4.74 Å². The van der Waals surface area contributed by atoms with Gasteiger partial charge in [-0.25, -0.2) is 4.79 Å². The molecule has 3 rings (SSSR count). The van der Waals surface area contributed by atoms with Crippen LogP contribution in [0.15, 0.2) is 35.1 Å². The molecular weight excluding hydrogens is 360 g/mol. The number of nitrogens with zero attached hydrogens (tertiary/aromatic N) is 4. The van der Waals surface area contributed by atoms with Crippen molar-refractivity contribution < 1.29 is 14.3 Å². The number of rotatable bonds is 4. The summed E-state index contributed by atoms with van der Waals surface area (Å²) in [6.45, 7) is 5.25. The molecule has 148 valence electrons. The van der Waals surface area contributed by atoms with E-state index in [1.807, 2.05) is 0 Å². The number of hydrogen-bond acceptors (Lipinski definition) is 5.